The molecule has 2 aromatic carbocycles. The molecule has 0 saturated carbocycles. The van der Waals surface area contributed by atoms with Gasteiger partial charge in [0.15, 0.2) is 0 Å². The number of nitrogens with one attached hydrogen (secondary N) is 2. The van der Waals surface area contributed by atoms with E-state index < -0.39 is 0 Å². The van der Waals surface area contributed by atoms with Crippen LogP contribution in [0.5, 0.6) is 5.75 Å². The Labute approximate surface area is 165 Å². The van der Waals surface area contributed by atoms with Gasteiger partial charge in [-0.3, -0.25) is 4.79 Å². The first-order chi connectivity index (χ1) is 13.5. The van der Waals surface area contributed by atoms with Crippen LogP contribution in [0, 0.1) is 13.8 Å². The second-order valence-corrected chi connectivity index (χ2v) is 6.79. The van der Waals surface area contributed by atoms with Crippen molar-refractivity contribution < 1.29 is 9.53 Å². The molecule has 0 aliphatic carbocycles. The summed E-state index contributed by atoms with van der Waals surface area (Å²) in [4.78, 5) is 16.8. The highest BCUT2D eigenvalue weighted by atomic mass is 16.5. The fourth-order valence-electron chi connectivity index (χ4n) is 3.01. The van der Waals surface area contributed by atoms with Gasteiger partial charge < -0.3 is 15.4 Å². The lowest BCUT2D eigenvalue weighted by molar-refractivity contribution is 0.102. The second kappa shape index (κ2) is 9.04. The highest BCUT2D eigenvalue weighted by Crippen LogP contribution is 2.16. The van der Waals surface area contributed by atoms with Gasteiger partial charge in [0.2, 0.25) is 0 Å². The van der Waals surface area contributed by atoms with E-state index in [2.05, 4.69) is 21.7 Å². The molecule has 0 radical (unpaired) electrons. The Morgan fingerprint density at radius 3 is 2.32 bits per heavy atom. The van der Waals surface area contributed by atoms with Crippen LogP contribution in [0.3, 0.4) is 0 Å². The summed E-state index contributed by atoms with van der Waals surface area (Å²) >= 11 is 0. The van der Waals surface area contributed by atoms with Crippen LogP contribution in [-0.4, -0.2) is 24.5 Å². The minimum absolute atomic E-state index is 0.165. The summed E-state index contributed by atoms with van der Waals surface area (Å²) in [5, 5.41) is 6.20. The van der Waals surface area contributed by atoms with Crippen molar-refractivity contribution in [3.63, 3.8) is 0 Å². The number of hydrogen-bond acceptors (Lipinski definition) is 4. The lowest BCUT2D eigenvalue weighted by Gasteiger charge is -2.09. The first-order valence-corrected chi connectivity index (χ1v) is 9.26. The predicted octanol–water partition coefficient (Wildman–Crippen LogP) is 4.61. The number of methoxy groups -OCH3 is 1. The predicted molar refractivity (Wildman–Crippen MR) is 113 cm³/mol. The lowest BCUT2D eigenvalue weighted by Crippen LogP contribution is -2.13. The molecule has 0 unspecified atom stereocenters. The zero-order valence-corrected chi connectivity index (χ0v) is 16.5. The van der Waals surface area contributed by atoms with Gasteiger partial charge >= 0.3 is 0 Å². The van der Waals surface area contributed by atoms with Crippen LogP contribution >= 0.6 is 0 Å². The monoisotopic (exact) mass is 375 g/mol. The summed E-state index contributed by atoms with van der Waals surface area (Å²) < 4.78 is 5.16. The van der Waals surface area contributed by atoms with E-state index >= 15 is 0 Å². The molecule has 144 valence electrons. The van der Waals surface area contributed by atoms with E-state index in [4.69, 9.17) is 4.74 Å². The van der Waals surface area contributed by atoms with Crippen molar-refractivity contribution in [3.05, 3.63) is 83.0 Å². The van der Waals surface area contributed by atoms with E-state index in [-0.39, 0.29) is 5.91 Å². The molecule has 3 aromatic rings. The topological polar surface area (TPSA) is 63.2 Å². The number of aromatic nitrogens is 1. The lowest BCUT2D eigenvalue weighted by atomic mass is 10.1. The Kier molecular flexibility index (Phi) is 6.27. The Morgan fingerprint density at radius 2 is 1.71 bits per heavy atom. The summed E-state index contributed by atoms with van der Waals surface area (Å²) in [5.74, 6) is 1.44. The van der Waals surface area contributed by atoms with Gasteiger partial charge in [-0.1, -0.05) is 18.2 Å². The standard InChI is InChI=1S/C23H25N3O2/c1-16-12-17(2)14-20(13-16)26-23(27)19-6-9-22(25-15-19)24-11-10-18-4-7-21(28-3)8-5-18/h4-9,12-15H,10-11H2,1-3H3,(H,24,25)(H,26,27). The van der Waals surface area contributed by atoms with Crippen molar-refractivity contribution in [2.75, 3.05) is 24.3 Å². The van der Waals surface area contributed by atoms with Gasteiger partial charge in [-0.25, -0.2) is 4.98 Å². The third-order valence-corrected chi connectivity index (χ3v) is 4.38. The third-order valence-electron chi connectivity index (χ3n) is 4.38. The number of aryl methyl sites for hydroxylation is 2. The van der Waals surface area contributed by atoms with E-state index in [0.717, 1.165) is 41.3 Å². The number of anilines is 2. The fraction of sp³-hybridized carbons (Fsp3) is 0.217. The molecule has 0 atom stereocenters. The van der Waals surface area contributed by atoms with Gasteiger partial charge in [-0.2, -0.15) is 0 Å². The minimum Gasteiger partial charge on any atom is -0.497 e. The van der Waals surface area contributed by atoms with Crippen molar-refractivity contribution in [3.8, 4) is 5.75 Å². The van der Waals surface area contributed by atoms with Crippen molar-refractivity contribution >= 4 is 17.4 Å². The molecule has 2 N–H and O–H groups in total. The largest absolute Gasteiger partial charge is 0.497 e. The molecule has 0 aliphatic heterocycles. The second-order valence-electron chi connectivity index (χ2n) is 6.79. The van der Waals surface area contributed by atoms with Crippen LogP contribution in [0.4, 0.5) is 11.5 Å². The van der Waals surface area contributed by atoms with Crippen LogP contribution in [0.15, 0.2) is 60.8 Å². The smallest absolute Gasteiger partial charge is 0.257 e. The van der Waals surface area contributed by atoms with Gasteiger partial charge in [0.05, 0.1) is 12.7 Å². The molecular formula is C23H25N3O2. The number of benzene rings is 2. The molecule has 1 aromatic heterocycles. The zero-order valence-electron chi connectivity index (χ0n) is 16.5. The number of amides is 1. The molecular weight excluding hydrogens is 350 g/mol. The van der Waals surface area contributed by atoms with Crippen molar-refractivity contribution in [2.24, 2.45) is 0 Å². The molecule has 1 heterocycles. The van der Waals surface area contributed by atoms with E-state index in [1.165, 1.54) is 5.56 Å². The van der Waals surface area contributed by atoms with Gasteiger partial charge in [0.25, 0.3) is 5.91 Å². The van der Waals surface area contributed by atoms with Crippen LogP contribution in [0.25, 0.3) is 0 Å². The van der Waals surface area contributed by atoms with Crippen LogP contribution in [0.1, 0.15) is 27.0 Å². The highest BCUT2D eigenvalue weighted by Gasteiger charge is 2.07. The van der Waals surface area contributed by atoms with Crippen molar-refractivity contribution in [2.45, 2.75) is 20.3 Å². The van der Waals surface area contributed by atoms with E-state index in [9.17, 15) is 4.79 Å². The van der Waals surface area contributed by atoms with Crippen LogP contribution < -0.4 is 15.4 Å². The fourth-order valence-corrected chi connectivity index (χ4v) is 3.01. The summed E-state index contributed by atoms with van der Waals surface area (Å²) in [6, 6.07) is 17.6. The van der Waals surface area contributed by atoms with Crippen LogP contribution in [-0.2, 0) is 6.42 Å². The highest BCUT2D eigenvalue weighted by molar-refractivity contribution is 6.04. The van der Waals surface area contributed by atoms with Crippen LogP contribution in [0.2, 0.25) is 0 Å². The van der Waals surface area contributed by atoms with Crippen molar-refractivity contribution in [1.82, 2.24) is 4.98 Å². The first kappa shape index (κ1) is 19.4. The molecule has 0 bridgehead atoms. The SMILES string of the molecule is COc1ccc(CCNc2ccc(C(=O)Nc3cc(C)cc(C)c3)cn2)cc1. The number of nitrogens with zero attached hydrogens (tertiary/aromatic N) is 1. The summed E-state index contributed by atoms with van der Waals surface area (Å²) in [7, 11) is 1.66. The van der Waals surface area contributed by atoms with Gasteiger partial charge in [0, 0.05) is 18.4 Å². The Hall–Kier alpha value is -3.34. The zero-order chi connectivity index (χ0) is 19.9. The maximum absolute atomic E-state index is 12.4. The number of rotatable bonds is 7. The molecule has 1 amide bonds. The number of ether oxygens (including phenoxy) is 1. The molecule has 5 nitrogen and oxygen atoms in total. The summed E-state index contributed by atoms with van der Waals surface area (Å²) in [5.41, 5.74) is 4.77. The Morgan fingerprint density at radius 1 is 1.00 bits per heavy atom. The summed E-state index contributed by atoms with van der Waals surface area (Å²) in [6.07, 6.45) is 2.47. The first-order valence-electron chi connectivity index (χ1n) is 9.26. The number of carbonyl (C=O) groups is 1. The van der Waals surface area contributed by atoms with Crippen molar-refractivity contribution in [1.29, 1.82) is 0 Å². The Balaban J connectivity index is 1.53. The molecule has 0 aliphatic rings. The van der Waals surface area contributed by atoms with E-state index in [0.29, 0.717) is 5.56 Å². The third kappa shape index (κ3) is 5.33. The average Bonchev–Trinajstić information content (AvgIpc) is 2.68. The van der Waals surface area contributed by atoms with Gasteiger partial charge in [0.1, 0.15) is 11.6 Å². The number of pyridine rings is 1. The molecule has 0 saturated heterocycles. The van der Waals surface area contributed by atoms with E-state index in [1.807, 2.05) is 56.3 Å². The maximum Gasteiger partial charge on any atom is 0.257 e. The summed E-state index contributed by atoms with van der Waals surface area (Å²) in [6.45, 7) is 4.78. The normalized spacial score (nSPS) is 10.4. The van der Waals surface area contributed by atoms with E-state index in [1.54, 1.807) is 19.4 Å². The molecule has 28 heavy (non-hydrogen) atoms. The molecule has 3 rings (SSSR count). The minimum atomic E-state index is -0.165. The van der Waals surface area contributed by atoms with Gasteiger partial charge in [-0.15, -0.1) is 0 Å². The molecule has 5 heteroatoms. The van der Waals surface area contributed by atoms with Gasteiger partial charge in [-0.05, 0) is 73.4 Å². The Bertz CT molecular complexity index is 915. The molecule has 0 fully saturated rings. The number of hydrogen-bond donors (Lipinski definition) is 2. The number of carbonyl (C=O) groups excluding carboxylic acids is 1. The maximum atomic E-state index is 12.4. The molecule has 0 spiro atoms. The quantitative estimate of drug-likeness (QED) is 0.633. The average molecular weight is 375 g/mol.